The van der Waals surface area contributed by atoms with Crippen molar-refractivity contribution in [3.05, 3.63) is 29.8 Å². The minimum Gasteiger partial charge on any atom is -0.395 e. The van der Waals surface area contributed by atoms with Gasteiger partial charge in [-0.2, -0.15) is 0 Å². The molecule has 0 aliphatic carbocycles. The summed E-state index contributed by atoms with van der Waals surface area (Å²) in [5.41, 5.74) is 1.30. The number of carbonyl (C=O) groups is 1. The molecule has 110 valence electrons. The zero-order valence-corrected chi connectivity index (χ0v) is 11.8. The highest BCUT2D eigenvalue weighted by atomic mass is 32.2. The largest absolute Gasteiger partial charge is 0.395 e. The van der Waals surface area contributed by atoms with Crippen LogP contribution in [0.2, 0.25) is 0 Å². The Morgan fingerprint density at radius 3 is 2.55 bits per heavy atom. The van der Waals surface area contributed by atoms with Crippen molar-refractivity contribution in [3.8, 4) is 0 Å². The van der Waals surface area contributed by atoms with Crippen LogP contribution in [0.25, 0.3) is 0 Å². The number of hydrogen-bond donors (Lipinski definition) is 3. The van der Waals surface area contributed by atoms with E-state index in [1.54, 1.807) is 24.3 Å². The highest BCUT2D eigenvalue weighted by Crippen LogP contribution is 2.18. The van der Waals surface area contributed by atoms with E-state index in [0.717, 1.165) is 5.69 Å². The summed E-state index contributed by atoms with van der Waals surface area (Å²) in [5, 5.41) is 14.4. The lowest BCUT2D eigenvalue weighted by Crippen LogP contribution is -2.26. The molecule has 7 heteroatoms. The Morgan fingerprint density at radius 2 is 2.00 bits per heavy atom. The molecule has 0 aromatic heterocycles. The number of sulfone groups is 1. The lowest BCUT2D eigenvalue weighted by molar-refractivity contribution is 0.0945. The molecule has 1 fully saturated rings. The van der Waals surface area contributed by atoms with Crippen molar-refractivity contribution < 1.29 is 18.3 Å². The van der Waals surface area contributed by atoms with E-state index in [2.05, 4.69) is 10.6 Å². The van der Waals surface area contributed by atoms with E-state index < -0.39 is 9.84 Å². The Labute approximate surface area is 118 Å². The average molecular weight is 298 g/mol. The Hall–Kier alpha value is -1.60. The van der Waals surface area contributed by atoms with Gasteiger partial charge in [0.25, 0.3) is 5.91 Å². The second-order valence-corrected chi connectivity index (χ2v) is 7.03. The minimum atomic E-state index is -2.90. The van der Waals surface area contributed by atoms with E-state index in [1.807, 2.05) is 0 Å². The monoisotopic (exact) mass is 298 g/mol. The van der Waals surface area contributed by atoms with Gasteiger partial charge in [-0.15, -0.1) is 0 Å². The number of rotatable bonds is 5. The quantitative estimate of drug-likeness (QED) is 0.711. The molecule has 1 aromatic carbocycles. The molecule has 3 N–H and O–H groups in total. The Balaban J connectivity index is 1.93. The van der Waals surface area contributed by atoms with Crippen molar-refractivity contribution in [1.82, 2.24) is 5.32 Å². The molecule has 1 heterocycles. The maximum Gasteiger partial charge on any atom is 0.251 e. The van der Waals surface area contributed by atoms with Gasteiger partial charge in [0.2, 0.25) is 0 Å². The van der Waals surface area contributed by atoms with Gasteiger partial charge in [0.05, 0.1) is 18.1 Å². The van der Waals surface area contributed by atoms with Crippen LogP contribution in [-0.4, -0.2) is 50.1 Å². The lowest BCUT2D eigenvalue weighted by atomic mass is 10.1. The van der Waals surface area contributed by atoms with Crippen LogP contribution in [-0.2, 0) is 9.84 Å². The van der Waals surface area contributed by atoms with E-state index in [0.29, 0.717) is 12.0 Å². The maximum absolute atomic E-state index is 11.6. The summed E-state index contributed by atoms with van der Waals surface area (Å²) in [6.45, 7) is 0.125. The molecule has 0 spiro atoms. The standard InChI is InChI=1S/C13H18N2O4S/c16-7-6-14-13(17)10-1-3-11(4-2-10)15-12-5-8-20(18,19)9-12/h1-4,12,15-16H,5-9H2,(H,14,17). The van der Waals surface area contributed by atoms with Crippen LogP contribution in [0.4, 0.5) is 5.69 Å². The van der Waals surface area contributed by atoms with Gasteiger partial charge in [0.15, 0.2) is 9.84 Å². The molecule has 1 atom stereocenters. The van der Waals surface area contributed by atoms with Crippen molar-refractivity contribution in [2.24, 2.45) is 0 Å². The summed E-state index contributed by atoms with van der Waals surface area (Å²) in [4.78, 5) is 11.6. The second-order valence-electron chi connectivity index (χ2n) is 4.80. The third-order valence-corrected chi connectivity index (χ3v) is 4.92. The van der Waals surface area contributed by atoms with Crippen molar-refractivity contribution in [2.75, 3.05) is 30.0 Å². The molecule has 1 amide bonds. The molecule has 1 unspecified atom stereocenters. The SMILES string of the molecule is O=C(NCCO)c1ccc(NC2CCS(=O)(=O)C2)cc1. The number of aliphatic hydroxyl groups excluding tert-OH is 1. The van der Waals surface area contributed by atoms with Gasteiger partial charge in [-0.05, 0) is 30.7 Å². The predicted molar refractivity (Wildman–Crippen MR) is 76.5 cm³/mol. The van der Waals surface area contributed by atoms with Crippen LogP contribution in [0.1, 0.15) is 16.8 Å². The molecule has 1 aromatic rings. The van der Waals surface area contributed by atoms with Gasteiger partial charge in [-0.3, -0.25) is 4.79 Å². The summed E-state index contributed by atoms with van der Waals surface area (Å²) in [5.74, 6) is 0.145. The molecule has 0 saturated carbocycles. The highest BCUT2D eigenvalue weighted by Gasteiger charge is 2.27. The molecule has 0 radical (unpaired) electrons. The second kappa shape index (κ2) is 6.23. The first kappa shape index (κ1) is 14.8. The maximum atomic E-state index is 11.6. The van der Waals surface area contributed by atoms with Gasteiger partial charge in [-0.25, -0.2) is 8.42 Å². The van der Waals surface area contributed by atoms with Gasteiger partial charge in [0, 0.05) is 23.8 Å². The van der Waals surface area contributed by atoms with Crippen molar-refractivity contribution >= 4 is 21.4 Å². The van der Waals surface area contributed by atoms with E-state index >= 15 is 0 Å². The van der Waals surface area contributed by atoms with Gasteiger partial charge < -0.3 is 15.7 Å². The molecule has 2 rings (SSSR count). The fraction of sp³-hybridized carbons (Fsp3) is 0.462. The van der Waals surface area contributed by atoms with Gasteiger partial charge in [0.1, 0.15) is 0 Å². The first-order valence-electron chi connectivity index (χ1n) is 6.46. The van der Waals surface area contributed by atoms with Crippen LogP contribution in [0.3, 0.4) is 0 Å². The van der Waals surface area contributed by atoms with Gasteiger partial charge >= 0.3 is 0 Å². The fourth-order valence-corrected chi connectivity index (χ4v) is 3.81. The summed E-state index contributed by atoms with van der Waals surface area (Å²) in [6.07, 6.45) is 0.612. The third kappa shape index (κ3) is 3.94. The van der Waals surface area contributed by atoms with E-state index in [4.69, 9.17) is 5.11 Å². The fourth-order valence-electron chi connectivity index (χ4n) is 2.13. The number of aliphatic hydroxyl groups is 1. The average Bonchev–Trinajstić information content (AvgIpc) is 2.76. The molecule has 1 aliphatic rings. The molecule has 6 nitrogen and oxygen atoms in total. The smallest absolute Gasteiger partial charge is 0.251 e. The van der Waals surface area contributed by atoms with Crippen LogP contribution < -0.4 is 10.6 Å². The Bertz CT molecular complexity index is 569. The van der Waals surface area contributed by atoms with Crippen molar-refractivity contribution in [2.45, 2.75) is 12.5 Å². The first-order valence-corrected chi connectivity index (χ1v) is 8.28. The number of hydrogen-bond acceptors (Lipinski definition) is 5. The topological polar surface area (TPSA) is 95.5 Å². The number of nitrogens with one attached hydrogen (secondary N) is 2. The molecule has 20 heavy (non-hydrogen) atoms. The molecular weight excluding hydrogens is 280 g/mol. The lowest BCUT2D eigenvalue weighted by Gasteiger charge is -2.12. The normalized spacial score (nSPS) is 20.6. The van der Waals surface area contributed by atoms with Crippen LogP contribution in [0.15, 0.2) is 24.3 Å². The van der Waals surface area contributed by atoms with Crippen LogP contribution in [0.5, 0.6) is 0 Å². The zero-order valence-electron chi connectivity index (χ0n) is 11.0. The molecule has 0 bridgehead atoms. The summed E-state index contributed by atoms with van der Waals surface area (Å²) in [7, 11) is -2.90. The number of amides is 1. The summed E-state index contributed by atoms with van der Waals surface area (Å²) < 4.78 is 22.7. The number of carbonyl (C=O) groups excluding carboxylic acids is 1. The predicted octanol–water partition coefficient (Wildman–Crippen LogP) is 0.00770. The van der Waals surface area contributed by atoms with Crippen molar-refractivity contribution in [1.29, 1.82) is 0 Å². The zero-order chi connectivity index (χ0) is 14.6. The van der Waals surface area contributed by atoms with Crippen molar-refractivity contribution in [3.63, 3.8) is 0 Å². The highest BCUT2D eigenvalue weighted by molar-refractivity contribution is 7.91. The molecule has 1 aliphatic heterocycles. The van der Waals surface area contributed by atoms with Crippen LogP contribution in [0, 0.1) is 0 Å². The third-order valence-electron chi connectivity index (χ3n) is 3.15. The molecule has 1 saturated heterocycles. The summed E-state index contributed by atoms with van der Waals surface area (Å²) >= 11 is 0. The van der Waals surface area contributed by atoms with Gasteiger partial charge in [-0.1, -0.05) is 0 Å². The first-order chi connectivity index (χ1) is 9.50. The Morgan fingerprint density at radius 1 is 1.30 bits per heavy atom. The number of anilines is 1. The Kier molecular flexibility index (Phi) is 4.61. The molecular formula is C13H18N2O4S. The minimum absolute atomic E-state index is 0.0611. The van der Waals surface area contributed by atoms with E-state index in [1.165, 1.54) is 0 Å². The summed E-state index contributed by atoms with van der Waals surface area (Å²) in [6, 6.07) is 6.77. The van der Waals surface area contributed by atoms with E-state index in [9.17, 15) is 13.2 Å². The van der Waals surface area contributed by atoms with Crippen LogP contribution >= 0.6 is 0 Å². The van der Waals surface area contributed by atoms with E-state index in [-0.39, 0.29) is 36.6 Å². The number of benzene rings is 1.